The molecule has 5 nitrogen and oxygen atoms in total. The summed E-state index contributed by atoms with van der Waals surface area (Å²) in [7, 11) is 1.31. The minimum atomic E-state index is -0.528. The molecule has 0 amide bonds. The summed E-state index contributed by atoms with van der Waals surface area (Å²) in [6.07, 6.45) is 0. The Kier molecular flexibility index (Phi) is 5.97. The van der Waals surface area contributed by atoms with Crippen LogP contribution in [0.1, 0.15) is 31.8 Å². The standard InChI is InChI=1S/C23H20N2O3/c1-16-12-14-18(15-13-16)24-25-21(22(26)17-8-4-3-5-9-17)19-10-6-7-11-20(19)23(27)28-2/h3-15,24H,1-2H3/b25-21-. The van der Waals surface area contributed by atoms with Gasteiger partial charge >= 0.3 is 5.97 Å². The van der Waals surface area contributed by atoms with Crippen LogP contribution < -0.4 is 5.43 Å². The zero-order valence-corrected chi connectivity index (χ0v) is 15.7. The van der Waals surface area contributed by atoms with Crippen LogP contribution in [-0.4, -0.2) is 24.6 Å². The minimum absolute atomic E-state index is 0.132. The van der Waals surface area contributed by atoms with Crippen molar-refractivity contribution in [3.05, 3.63) is 101 Å². The fraction of sp³-hybridized carbons (Fsp3) is 0.0870. The van der Waals surface area contributed by atoms with Crippen molar-refractivity contribution in [3.8, 4) is 0 Å². The average molecular weight is 372 g/mol. The number of esters is 1. The number of aryl methyl sites for hydroxylation is 1. The minimum Gasteiger partial charge on any atom is -0.465 e. The lowest BCUT2D eigenvalue weighted by Gasteiger charge is -2.11. The maximum atomic E-state index is 13.2. The number of ketones is 1. The Balaban J connectivity index is 2.07. The number of rotatable bonds is 6. The van der Waals surface area contributed by atoms with Gasteiger partial charge in [-0.15, -0.1) is 0 Å². The van der Waals surface area contributed by atoms with Crippen molar-refractivity contribution in [1.29, 1.82) is 0 Å². The van der Waals surface area contributed by atoms with Crippen molar-refractivity contribution >= 4 is 23.2 Å². The number of hydrogen-bond acceptors (Lipinski definition) is 5. The summed E-state index contributed by atoms with van der Waals surface area (Å²) in [5.41, 5.74) is 6.07. The van der Waals surface area contributed by atoms with E-state index in [1.807, 2.05) is 37.3 Å². The van der Waals surface area contributed by atoms with E-state index in [-0.39, 0.29) is 17.1 Å². The molecule has 0 spiro atoms. The van der Waals surface area contributed by atoms with Gasteiger partial charge in [0.15, 0.2) is 0 Å². The lowest BCUT2D eigenvalue weighted by molar-refractivity contribution is 0.0600. The molecule has 3 aromatic carbocycles. The van der Waals surface area contributed by atoms with E-state index in [0.29, 0.717) is 11.1 Å². The first kappa shape index (κ1) is 19.0. The molecule has 140 valence electrons. The van der Waals surface area contributed by atoms with Crippen LogP contribution >= 0.6 is 0 Å². The van der Waals surface area contributed by atoms with Crippen molar-refractivity contribution in [2.75, 3.05) is 12.5 Å². The lowest BCUT2D eigenvalue weighted by Crippen LogP contribution is -2.21. The molecule has 3 aromatic rings. The molecule has 0 heterocycles. The van der Waals surface area contributed by atoms with Gasteiger partial charge in [0.25, 0.3) is 0 Å². The maximum Gasteiger partial charge on any atom is 0.338 e. The summed E-state index contributed by atoms with van der Waals surface area (Å²) in [5, 5.41) is 4.36. The monoisotopic (exact) mass is 372 g/mol. The van der Waals surface area contributed by atoms with E-state index in [4.69, 9.17) is 4.74 Å². The molecule has 0 aliphatic rings. The predicted octanol–water partition coefficient (Wildman–Crippen LogP) is 4.48. The van der Waals surface area contributed by atoms with E-state index in [1.54, 1.807) is 48.5 Å². The normalized spacial score (nSPS) is 11.0. The van der Waals surface area contributed by atoms with E-state index in [1.165, 1.54) is 7.11 Å². The maximum absolute atomic E-state index is 13.2. The first-order valence-corrected chi connectivity index (χ1v) is 8.78. The third kappa shape index (κ3) is 4.32. The van der Waals surface area contributed by atoms with Crippen LogP contribution in [0.5, 0.6) is 0 Å². The van der Waals surface area contributed by atoms with Gasteiger partial charge in [0, 0.05) is 11.1 Å². The Morgan fingerprint density at radius 2 is 1.43 bits per heavy atom. The highest BCUT2D eigenvalue weighted by Gasteiger charge is 2.22. The Morgan fingerprint density at radius 1 is 0.821 bits per heavy atom. The SMILES string of the molecule is COC(=O)c1ccccc1/C(=N/Nc1ccc(C)cc1)C(=O)c1ccccc1. The van der Waals surface area contributed by atoms with Gasteiger partial charge in [-0.05, 0) is 25.1 Å². The number of hydrazone groups is 1. The largest absolute Gasteiger partial charge is 0.465 e. The molecule has 0 bridgehead atoms. The molecule has 0 fully saturated rings. The van der Waals surface area contributed by atoms with Crippen LogP contribution in [0.3, 0.4) is 0 Å². The highest BCUT2D eigenvalue weighted by atomic mass is 16.5. The van der Waals surface area contributed by atoms with Crippen molar-refractivity contribution in [3.63, 3.8) is 0 Å². The van der Waals surface area contributed by atoms with E-state index in [2.05, 4.69) is 10.5 Å². The Labute approximate surface area is 163 Å². The number of nitrogens with one attached hydrogen (secondary N) is 1. The van der Waals surface area contributed by atoms with Gasteiger partial charge in [-0.25, -0.2) is 4.79 Å². The Hall–Kier alpha value is -3.73. The summed E-state index contributed by atoms with van der Waals surface area (Å²) in [6.45, 7) is 1.99. The molecule has 0 aliphatic carbocycles. The molecule has 3 rings (SSSR count). The molecule has 0 saturated carbocycles. The Bertz CT molecular complexity index is 1010. The van der Waals surface area contributed by atoms with Crippen LogP contribution in [0.2, 0.25) is 0 Å². The fourth-order valence-electron chi connectivity index (χ4n) is 2.69. The molecule has 0 unspecified atom stereocenters. The number of anilines is 1. The first-order chi connectivity index (χ1) is 13.6. The summed E-state index contributed by atoms with van der Waals surface area (Å²) in [6, 6.07) is 23.2. The van der Waals surface area contributed by atoms with E-state index in [0.717, 1.165) is 11.3 Å². The number of ether oxygens (including phenoxy) is 1. The van der Waals surface area contributed by atoms with E-state index < -0.39 is 5.97 Å². The predicted molar refractivity (Wildman–Crippen MR) is 110 cm³/mol. The zero-order valence-electron chi connectivity index (χ0n) is 15.7. The van der Waals surface area contributed by atoms with Gasteiger partial charge in [0.1, 0.15) is 5.71 Å². The van der Waals surface area contributed by atoms with Crippen molar-refractivity contribution < 1.29 is 14.3 Å². The van der Waals surface area contributed by atoms with Crippen molar-refractivity contribution in [2.45, 2.75) is 6.92 Å². The fourth-order valence-corrected chi connectivity index (χ4v) is 2.69. The molecule has 5 heteroatoms. The van der Waals surface area contributed by atoms with Crippen molar-refractivity contribution in [1.82, 2.24) is 0 Å². The van der Waals surface area contributed by atoms with Crippen LogP contribution in [0.15, 0.2) is 84.0 Å². The molecular formula is C23H20N2O3. The van der Waals surface area contributed by atoms with E-state index in [9.17, 15) is 9.59 Å². The molecule has 0 radical (unpaired) electrons. The second-order valence-corrected chi connectivity index (χ2v) is 6.17. The summed E-state index contributed by atoms with van der Waals surface area (Å²) in [5.74, 6) is -0.823. The van der Waals surface area contributed by atoms with Gasteiger partial charge < -0.3 is 4.74 Å². The number of methoxy groups -OCH3 is 1. The number of Topliss-reactive ketones (excluding diaryl/α,β-unsaturated/α-hetero) is 1. The third-order valence-electron chi connectivity index (χ3n) is 4.19. The number of benzene rings is 3. The van der Waals surface area contributed by atoms with Crippen LogP contribution in [0, 0.1) is 6.92 Å². The summed E-state index contributed by atoms with van der Waals surface area (Å²) >= 11 is 0. The Morgan fingerprint density at radius 3 is 2.07 bits per heavy atom. The number of carbonyl (C=O) groups is 2. The van der Waals surface area contributed by atoms with Gasteiger partial charge in [0.05, 0.1) is 18.4 Å². The number of carbonyl (C=O) groups excluding carboxylic acids is 2. The molecule has 1 N–H and O–H groups in total. The molecule has 0 aromatic heterocycles. The highest BCUT2D eigenvalue weighted by molar-refractivity contribution is 6.52. The van der Waals surface area contributed by atoms with Gasteiger partial charge in [0.2, 0.25) is 5.78 Å². The molecule has 0 saturated heterocycles. The number of hydrogen-bond donors (Lipinski definition) is 1. The second-order valence-electron chi connectivity index (χ2n) is 6.17. The summed E-state index contributed by atoms with van der Waals surface area (Å²) in [4.78, 5) is 25.4. The lowest BCUT2D eigenvalue weighted by atomic mass is 9.96. The topological polar surface area (TPSA) is 67.8 Å². The summed E-state index contributed by atoms with van der Waals surface area (Å²) < 4.78 is 4.86. The molecule has 0 atom stereocenters. The molecule has 28 heavy (non-hydrogen) atoms. The van der Waals surface area contributed by atoms with Crippen LogP contribution in [0.4, 0.5) is 5.69 Å². The number of nitrogens with zero attached hydrogens (tertiary/aromatic N) is 1. The third-order valence-corrected chi connectivity index (χ3v) is 4.19. The van der Waals surface area contributed by atoms with Crippen LogP contribution in [-0.2, 0) is 4.74 Å². The van der Waals surface area contributed by atoms with Gasteiger partial charge in [-0.2, -0.15) is 5.10 Å². The quantitative estimate of drug-likeness (QED) is 0.300. The average Bonchev–Trinajstić information content (AvgIpc) is 2.75. The molecule has 0 aliphatic heterocycles. The van der Waals surface area contributed by atoms with Crippen molar-refractivity contribution in [2.24, 2.45) is 5.10 Å². The highest BCUT2D eigenvalue weighted by Crippen LogP contribution is 2.16. The first-order valence-electron chi connectivity index (χ1n) is 8.78. The zero-order chi connectivity index (χ0) is 19.9. The van der Waals surface area contributed by atoms with Crippen LogP contribution in [0.25, 0.3) is 0 Å². The molecular weight excluding hydrogens is 352 g/mol. The van der Waals surface area contributed by atoms with Gasteiger partial charge in [-0.3, -0.25) is 10.2 Å². The second kappa shape index (κ2) is 8.77. The van der Waals surface area contributed by atoms with Gasteiger partial charge in [-0.1, -0.05) is 66.2 Å². The van der Waals surface area contributed by atoms with E-state index >= 15 is 0 Å². The smallest absolute Gasteiger partial charge is 0.338 e.